The summed E-state index contributed by atoms with van der Waals surface area (Å²) in [7, 11) is -3.67. The zero-order valence-electron chi connectivity index (χ0n) is 11.2. The minimum atomic E-state index is -3.67. The number of halogens is 3. The van der Waals surface area contributed by atoms with Crippen molar-refractivity contribution in [1.29, 1.82) is 0 Å². The predicted octanol–water partition coefficient (Wildman–Crippen LogP) is -0.285. The van der Waals surface area contributed by atoms with Gasteiger partial charge < -0.3 is 9.64 Å². The Labute approximate surface area is 148 Å². The first-order valence-corrected chi connectivity index (χ1v) is 5.44. The van der Waals surface area contributed by atoms with Crippen molar-refractivity contribution < 1.29 is 73.9 Å². The normalized spacial score (nSPS) is 21.2. The monoisotopic (exact) mass is 289 g/mol. The van der Waals surface area contributed by atoms with Crippen molar-refractivity contribution in [2.45, 2.75) is 32.8 Å². The van der Waals surface area contributed by atoms with Gasteiger partial charge in [-0.25, -0.2) is 4.79 Å². The van der Waals surface area contributed by atoms with Crippen LogP contribution in [-0.4, -0.2) is 37.2 Å². The second kappa shape index (κ2) is 7.52. The molecule has 1 saturated heterocycles. The molecule has 0 spiro atoms. The minimum Gasteiger partial charge on any atom is -0.444 e. The van der Waals surface area contributed by atoms with Crippen LogP contribution in [0.2, 0.25) is 0 Å². The average molecular weight is 289 g/mol. The van der Waals surface area contributed by atoms with Crippen molar-refractivity contribution in [3.05, 3.63) is 5.92 Å². The van der Waals surface area contributed by atoms with E-state index >= 15 is 0 Å². The molecular formula is C10H16BF3KNO2. The summed E-state index contributed by atoms with van der Waals surface area (Å²) in [6.07, 6.45) is 1.08. The van der Waals surface area contributed by atoms with Gasteiger partial charge in [0.15, 0.2) is 0 Å². The van der Waals surface area contributed by atoms with Crippen LogP contribution in [0.25, 0.3) is 0 Å². The van der Waals surface area contributed by atoms with Gasteiger partial charge in [-0.3, -0.25) is 18.9 Å². The van der Waals surface area contributed by atoms with E-state index in [-0.39, 0.29) is 63.1 Å². The number of hydrogen-bond donors (Lipinski definition) is 0. The molecule has 2 aliphatic rings. The number of carbonyl (C=O) groups excluding carboxylic acids is 1. The van der Waals surface area contributed by atoms with Crippen LogP contribution in [-0.2, 0) is 4.74 Å². The van der Waals surface area contributed by atoms with E-state index < -0.39 is 7.54 Å². The molecular weight excluding hydrogens is 273 g/mol. The topological polar surface area (TPSA) is 29.5 Å². The Hall–Kier alpha value is 0.761. The van der Waals surface area contributed by atoms with Crippen molar-refractivity contribution in [3.8, 4) is 0 Å². The molecule has 0 N–H and O–H groups in total. The zero-order chi connectivity index (χ0) is 13.2. The summed E-state index contributed by atoms with van der Waals surface area (Å²) < 4.78 is 34.3. The summed E-state index contributed by atoms with van der Waals surface area (Å²) >= 11 is 0. The third-order valence-electron chi connectivity index (χ3n) is 2.41. The van der Waals surface area contributed by atoms with Gasteiger partial charge in [0.05, 0.1) is 0 Å². The molecule has 0 aromatic carbocycles. The zero-order valence-corrected chi connectivity index (χ0v) is 14.3. The van der Waals surface area contributed by atoms with Gasteiger partial charge in [-0.15, -0.1) is 0 Å². The van der Waals surface area contributed by atoms with E-state index in [4.69, 9.17) is 4.74 Å². The molecule has 3 nitrogen and oxygen atoms in total. The van der Waals surface area contributed by atoms with Gasteiger partial charge in [0.25, 0.3) is 0 Å². The number of piperidine rings is 1. The predicted molar refractivity (Wildman–Crippen MR) is 58.2 cm³/mol. The standard InChI is InChI=1S/C10H16NO2.BF3.K/c1-10(2,3)13-9(12)11-5-7-4-8(7)6-11;2-1(3)4;/h7H,4-6H2,1-3H3;;/q-1;;+1. The van der Waals surface area contributed by atoms with Crippen molar-refractivity contribution in [3.63, 3.8) is 0 Å². The fourth-order valence-electron chi connectivity index (χ4n) is 1.69. The van der Waals surface area contributed by atoms with Crippen molar-refractivity contribution >= 4 is 13.6 Å². The summed E-state index contributed by atoms with van der Waals surface area (Å²) in [6, 6.07) is 0. The Bertz CT molecular complexity index is 276. The van der Waals surface area contributed by atoms with E-state index in [9.17, 15) is 17.7 Å². The maximum atomic E-state index is 11.5. The van der Waals surface area contributed by atoms with E-state index in [2.05, 4.69) is 0 Å². The Morgan fingerprint density at radius 3 is 2.22 bits per heavy atom. The molecule has 2 rings (SSSR count). The molecule has 1 aliphatic carbocycles. The fraction of sp³-hybridized carbons (Fsp3) is 0.800. The Morgan fingerprint density at radius 2 is 1.89 bits per heavy atom. The molecule has 0 radical (unpaired) electrons. The van der Waals surface area contributed by atoms with Crippen LogP contribution in [0, 0.1) is 11.8 Å². The Balaban J connectivity index is 0.000000512. The van der Waals surface area contributed by atoms with Gasteiger partial charge in [0, 0.05) is 0 Å². The second-order valence-corrected chi connectivity index (χ2v) is 5.17. The maximum absolute atomic E-state index is 11.5. The first kappa shape index (κ1) is 18.8. The van der Waals surface area contributed by atoms with Crippen LogP contribution in [0.15, 0.2) is 0 Å². The Morgan fingerprint density at radius 1 is 1.39 bits per heavy atom. The summed E-state index contributed by atoms with van der Waals surface area (Å²) in [5, 5.41) is 0. The number of fused-ring (bicyclic) bond motifs is 1. The molecule has 98 valence electrons. The molecule has 0 aromatic heterocycles. The van der Waals surface area contributed by atoms with Crippen LogP contribution in [0.5, 0.6) is 0 Å². The summed E-state index contributed by atoms with van der Waals surface area (Å²) in [5.74, 6) is 2.22. The first-order chi connectivity index (χ1) is 7.69. The summed E-state index contributed by atoms with van der Waals surface area (Å²) in [6.45, 7) is 7.41. The van der Waals surface area contributed by atoms with E-state index in [1.54, 1.807) is 4.90 Å². The first-order valence-electron chi connectivity index (χ1n) is 5.44. The summed E-state index contributed by atoms with van der Waals surface area (Å²) in [5.41, 5.74) is -0.367. The molecule has 1 saturated carbocycles. The van der Waals surface area contributed by atoms with E-state index in [1.165, 1.54) is 12.3 Å². The third-order valence-corrected chi connectivity index (χ3v) is 2.41. The van der Waals surface area contributed by atoms with Crippen molar-refractivity contribution in [1.82, 2.24) is 4.90 Å². The number of amides is 1. The molecule has 0 bridgehead atoms. The molecule has 2 fully saturated rings. The van der Waals surface area contributed by atoms with E-state index in [1.807, 2.05) is 20.8 Å². The second-order valence-electron chi connectivity index (χ2n) is 5.17. The van der Waals surface area contributed by atoms with Gasteiger partial charge in [-0.2, -0.15) is 12.3 Å². The van der Waals surface area contributed by atoms with E-state index in [0.717, 1.165) is 13.1 Å². The van der Waals surface area contributed by atoms with Gasteiger partial charge in [0.1, 0.15) is 5.60 Å². The van der Waals surface area contributed by atoms with Crippen LogP contribution < -0.4 is 51.4 Å². The minimum absolute atomic E-state index is 0. The number of likely N-dealkylation sites (tertiary alicyclic amines) is 1. The average Bonchev–Trinajstić information content (AvgIpc) is 2.69. The van der Waals surface area contributed by atoms with Gasteiger partial charge >= 0.3 is 65.0 Å². The molecule has 1 aliphatic heterocycles. The van der Waals surface area contributed by atoms with Crippen LogP contribution >= 0.6 is 0 Å². The van der Waals surface area contributed by atoms with Crippen LogP contribution in [0.3, 0.4) is 0 Å². The number of nitrogens with zero attached hydrogens (tertiary/aromatic N) is 1. The van der Waals surface area contributed by atoms with Crippen molar-refractivity contribution in [2.75, 3.05) is 13.1 Å². The Kier molecular flexibility index (Phi) is 7.84. The number of ether oxygens (including phenoxy) is 1. The van der Waals surface area contributed by atoms with Crippen LogP contribution in [0.4, 0.5) is 17.7 Å². The SMILES string of the molecule is CC(C)(C)OC(=O)N1C[C-]2CC2C1.FB(F)F.[K+]. The van der Waals surface area contributed by atoms with E-state index in [0.29, 0.717) is 5.92 Å². The number of hydrogen-bond acceptors (Lipinski definition) is 2. The molecule has 1 unspecified atom stereocenters. The number of carbonyl (C=O) groups is 1. The molecule has 1 heterocycles. The summed E-state index contributed by atoms with van der Waals surface area (Å²) in [4.78, 5) is 13.3. The molecule has 0 aromatic rings. The van der Waals surface area contributed by atoms with Gasteiger partial charge in [0.2, 0.25) is 0 Å². The van der Waals surface area contributed by atoms with Crippen molar-refractivity contribution in [2.24, 2.45) is 5.92 Å². The largest absolute Gasteiger partial charge is 1.00 e. The quantitative estimate of drug-likeness (QED) is 0.453. The fourth-order valence-corrected chi connectivity index (χ4v) is 1.69. The maximum Gasteiger partial charge on any atom is 1.00 e. The molecule has 8 heteroatoms. The van der Waals surface area contributed by atoms with Gasteiger partial charge in [-0.05, 0) is 27.3 Å². The molecule has 18 heavy (non-hydrogen) atoms. The molecule has 1 amide bonds. The van der Waals surface area contributed by atoms with Gasteiger partial charge in [-0.1, -0.05) is 6.54 Å². The third kappa shape index (κ3) is 7.37. The number of rotatable bonds is 0. The molecule has 1 atom stereocenters. The van der Waals surface area contributed by atoms with Crippen LogP contribution in [0.1, 0.15) is 27.2 Å². The smallest absolute Gasteiger partial charge is 0.444 e.